The summed E-state index contributed by atoms with van der Waals surface area (Å²) in [7, 11) is 0. The maximum absolute atomic E-state index is 13.1. The molecule has 32 heavy (non-hydrogen) atoms. The summed E-state index contributed by atoms with van der Waals surface area (Å²) in [6.45, 7) is 12.5. The third kappa shape index (κ3) is 4.75. The van der Waals surface area contributed by atoms with Gasteiger partial charge in [-0.05, 0) is 61.1 Å². The highest BCUT2D eigenvalue weighted by Crippen LogP contribution is 2.40. The largest absolute Gasteiger partial charge is 0.507 e. The van der Waals surface area contributed by atoms with Crippen molar-refractivity contribution in [3.05, 3.63) is 70.6 Å². The number of Topliss-reactive ketones (excluding diaryl/α,β-unsaturated/α-hetero) is 1. The number of aliphatic hydroxyl groups excluding tert-OH is 1. The van der Waals surface area contributed by atoms with E-state index in [1.807, 2.05) is 39.0 Å². The lowest BCUT2D eigenvalue weighted by Gasteiger charge is -2.26. The fourth-order valence-corrected chi connectivity index (χ4v) is 3.88. The number of likely N-dealkylation sites (tertiary alicyclic amines) is 1. The highest BCUT2D eigenvalue weighted by molar-refractivity contribution is 6.46. The average molecular weight is 437 g/mol. The molecule has 1 unspecified atom stereocenters. The molecule has 1 amide bonds. The second kappa shape index (κ2) is 9.25. The first kappa shape index (κ1) is 23.7. The molecule has 3 rings (SSSR count). The molecule has 170 valence electrons. The van der Waals surface area contributed by atoms with E-state index in [2.05, 4.69) is 25.8 Å². The van der Waals surface area contributed by atoms with Gasteiger partial charge in [0.05, 0.1) is 24.3 Å². The van der Waals surface area contributed by atoms with Crippen molar-refractivity contribution in [2.45, 2.75) is 59.1 Å². The first-order valence-electron chi connectivity index (χ1n) is 10.9. The van der Waals surface area contributed by atoms with Crippen LogP contribution < -0.4 is 0 Å². The molecule has 2 aromatic rings. The number of amides is 1. The lowest BCUT2D eigenvalue weighted by atomic mass is 9.84. The summed E-state index contributed by atoms with van der Waals surface area (Å²) < 4.78 is 5.63. The van der Waals surface area contributed by atoms with Crippen molar-refractivity contribution in [2.75, 3.05) is 13.2 Å². The Kier molecular flexibility index (Phi) is 6.84. The van der Waals surface area contributed by atoms with Crippen molar-refractivity contribution in [1.82, 2.24) is 9.88 Å². The summed E-state index contributed by atoms with van der Waals surface area (Å²) in [5.74, 6) is -1.47. The van der Waals surface area contributed by atoms with Crippen LogP contribution in [0.15, 0.2) is 48.3 Å². The van der Waals surface area contributed by atoms with E-state index in [9.17, 15) is 14.7 Å². The smallest absolute Gasteiger partial charge is 0.295 e. The molecule has 0 radical (unpaired) electrons. The maximum Gasteiger partial charge on any atom is 0.295 e. The van der Waals surface area contributed by atoms with Crippen LogP contribution in [-0.4, -0.2) is 45.9 Å². The molecule has 1 N–H and O–H groups in total. The first-order chi connectivity index (χ1) is 15.0. The van der Waals surface area contributed by atoms with Crippen LogP contribution in [0.25, 0.3) is 5.76 Å². The Labute approximate surface area is 189 Å². The zero-order valence-corrected chi connectivity index (χ0v) is 19.7. The Morgan fingerprint density at radius 2 is 1.81 bits per heavy atom. The quantitative estimate of drug-likeness (QED) is 0.409. The summed E-state index contributed by atoms with van der Waals surface area (Å²) >= 11 is 0. The van der Waals surface area contributed by atoms with Crippen molar-refractivity contribution in [3.63, 3.8) is 0 Å². The second-order valence-corrected chi connectivity index (χ2v) is 9.47. The van der Waals surface area contributed by atoms with Crippen LogP contribution in [0.2, 0.25) is 0 Å². The van der Waals surface area contributed by atoms with E-state index in [-0.39, 0.29) is 29.4 Å². The fourth-order valence-electron chi connectivity index (χ4n) is 3.88. The Hall–Kier alpha value is -2.99. The normalized spacial score (nSPS) is 18.6. The van der Waals surface area contributed by atoms with E-state index in [0.29, 0.717) is 12.2 Å². The van der Waals surface area contributed by atoms with E-state index in [4.69, 9.17) is 4.74 Å². The molecule has 1 aliphatic heterocycles. The van der Waals surface area contributed by atoms with E-state index in [0.717, 1.165) is 16.7 Å². The summed E-state index contributed by atoms with van der Waals surface area (Å²) in [6, 6.07) is 8.69. The zero-order chi connectivity index (χ0) is 23.6. The SMILES string of the molecule is Cc1ccc(C(C)(C)C)cc1/C(O)=C1\C(=O)C(=O)N(CCOC(C)C)C1c1ccncc1. The lowest BCUT2D eigenvalue weighted by Crippen LogP contribution is -2.33. The number of ether oxygens (including phenoxy) is 1. The highest BCUT2D eigenvalue weighted by atomic mass is 16.5. The second-order valence-electron chi connectivity index (χ2n) is 9.47. The molecule has 1 aromatic heterocycles. The van der Waals surface area contributed by atoms with Crippen LogP contribution in [0.1, 0.15) is 62.9 Å². The van der Waals surface area contributed by atoms with Gasteiger partial charge in [0.15, 0.2) is 0 Å². The standard InChI is InChI=1S/C26H32N2O4/c1-16(2)32-14-13-28-22(18-9-11-27-12-10-18)21(24(30)25(28)31)23(29)20-15-19(26(4,5)6)8-7-17(20)3/h7-12,15-16,22,29H,13-14H2,1-6H3/b23-21+. The molecule has 2 heterocycles. The topological polar surface area (TPSA) is 79.7 Å². The zero-order valence-electron chi connectivity index (χ0n) is 19.7. The summed E-state index contributed by atoms with van der Waals surface area (Å²) in [4.78, 5) is 31.7. The van der Waals surface area contributed by atoms with Crippen molar-refractivity contribution in [1.29, 1.82) is 0 Å². The van der Waals surface area contributed by atoms with Crippen molar-refractivity contribution in [2.24, 2.45) is 0 Å². The molecule has 0 spiro atoms. The summed E-state index contributed by atoms with van der Waals surface area (Å²) in [5, 5.41) is 11.4. The van der Waals surface area contributed by atoms with Crippen LogP contribution in [0.4, 0.5) is 0 Å². The third-order valence-corrected chi connectivity index (χ3v) is 5.70. The van der Waals surface area contributed by atoms with E-state index >= 15 is 0 Å². The van der Waals surface area contributed by atoms with Crippen molar-refractivity contribution >= 4 is 17.4 Å². The minimum Gasteiger partial charge on any atom is -0.507 e. The molecular weight excluding hydrogens is 404 g/mol. The van der Waals surface area contributed by atoms with Crippen molar-refractivity contribution < 1.29 is 19.4 Å². The van der Waals surface area contributed by atoms with E-state index < -0.39 is 17.7 Å². The van der Waals surface area contributed by atoms with Gasteiger partial charge >= 0.3 is 0 Å². The molecule has 1 fully saturated rings. The number of aromatic nitrogens is 1. The monoisotopic (exact) mass is 436 g/mol. The Morgan fingerprint density at radius 3 is 2.41 bits per heavy atom. The number of pyridine rings is 1. The number of nitrogens with zero attached hydrogens (tertiary/aromatic N) is 2. The number of hydrogen-bond acceptors (Lipinski definition) is 5. The van der Waals surface area contributed by atoms with Gasteiger partial charge in [-0.3, -0.25) is 14.6 Å². The molecule has 1 saturated heterocycles. The molecule has 6 heteroatoms. The molecule has 1 aromatic carbocycles. The molecule has 0 bridgehead atoms. The molecular formula is C26H32N2O4. The number of benzene rings is 1. The number of carbonyl (C=O) groups is 2. The van der Waals surface area contributed by atoms with Gasteiger partial charge in [-0.15, -0.1) is 0 Å². The van der Waals surface area contributed by atoms with E-state index in [1.54, 1.807) is 24.5 Å². The fraction of sp³-hybridized carbons (Fsp3) is 0.423. The van der Waals surface area contributed by atoms with Crippen LogP contribution >= 0.6 is 0 Å². The van der Waals surface area contributed by atoms with Crippen LogP contribution in [0.3, 0.4) is 0 Å². The van der Waals surface area contributed by atoms with Gasteiger partial charge in [0.1, 0.15) is 5.76 Å². The number of rotatable bonds is 6. The van der Waals surface area contributed by atoms with Gasteiger partial charge in [0.2, 0.25) is 0 Å². The summed E-state index contributed by atoms with van der Waals surface area (Å²) in [6.07, 6.45) is 3.24. The van der Waals surface area contributed by atoms with Gasteiger partial charge in [0, 0.05) is 24.5 Å². The Bertz CT molecular complexity index is 1040. The minimum absolute atomic E-state index is 0.00832. The number of carbonyl (C=O) groups excluding carboxylic acids is 2. The van der Waals surface area contributed by atoms with Gasteiger partial charge in [-0.1, -0.05) is 32.9 Å². The number of ketones is 1. The molecule has 1 atom stereocenters. The van der Waals surface area contributed by atoms with Crippen LogP contribution in [0.5, 0.6) is 0 Å². The number of hydrogen-bond donors (Lipinski definition) is 1. The molecule has 6 nitrogen and oxygen atoms in total. The lowest BCUT2D eigenvalue weighted by molar-refractivity contribution is -0.140. The first-order valence-corrected chi connectivity index (χ1v) is 10.9. The van der Waals surface area contributed by atoms with Crippen LogP contribution in [-0.2, 0) is 19.7 Å². The van der Waals surface area contributed by atoms with Gasteiger partial charge in [-0.25, -0.2) is 0 Å². The predicted octanol–water partition coefficient (Wildman–Crippen LogP) is 4.53. The summed E-state index contributed by atoms with van der Waals surface area (Å²) in [5.41, 5.74) is 3.11. The average Bonchev–Trinajstić information content (AvgIpc) is 2.98. The van der Waals surface area contributed by atoms with Gasteiger partial charge in [-0.2, -0.15) is 0 Å². The number of aliphatic hydroxyl groups is 1. The van der Waals surface area contributed by atoms with E-state index in [1.165, 1.54) is 4.90 Å². The predicted molar refractivity (Wildman–Crippen MR) is 124 cm³/mol. The molecule has 0 aliphatic carbocycles. The highest BCUT2D eigenvalue weighted by Gasteiger charge is 2.46. The minimum atomic E-state index is -0.702. The van der Waals surface area contributed by atoms with Gasteiger partial charge < -0.3 is 14.7 Å². The molecule has 0 saturated carbocycles. The van der Waals surface area contributed by atoms with Crippen molar-refractivity contribution in [3.8, 4) is 0 Å². The Morgan fingerprint density at radius 1 is 1.16 bits per heavy atom. The maximum atomic E-state index is 13.1. The third-order valence-electron chi connectivity index (χ3n) is 5.70. The Balaban J connectivity index is 2.15. The number of aryl methyl sites for hydroxylation is 1. The molecule has 1 aliphatic rings. The van der Waals surface area contributed by atoms with Gasteiger partial charge in [0.25, 0.3) is 11.7 Å². The van der Waals surface area contributed by atoms with Crippen LogP contribution in [0, 0.1) is 6.92 Å².